The molecule has 0 aliphatic carbocycles. The van der Waals surface area contributed by atoms with E-state index in [-0.39, 0.29) is 11.8 Å². The number of rotatable bonds is 10. The van der Waals surface area contributed by atoms with Crippen molar-refractivity contribution in [3.8, 4) is 0 Å². The van der Waals surface area contributed by atoms with Gasteiger partial charge in [-0.05, 0) is 24.3 Å². The summed E-state index contributed by atoms with van der Waals surface area (Å²) in [4.78, 5) is 23.8. The molecule has 0 fully saturated rings. The second-order valence-corrected chi connectivity index (χ2v) is 6.40. The van der Waals surface area contributed by atoms with Gasteiger partial charge in [0.15, 0.2) is 0 Å². The van der Waals surface area contributed by atoms with E-state index in [0.717, 1.165) is 5.56 Å². The number of hydrogen-bond acceptors (Lipinski definition) is 4. The fourth-order valence-corrected chi connectivity index (χ4v) is 2.44. The van der Waals surface area contributed by atoms with Crippen LogP contribution in [0, 0.1) is 5.92 Å². The highest BCUT2D eigenvalue weighted by atomic mass is 32.1. The normalized spacial score (nSPS) is 13.6. The Kier molecular flexibility index (Phi) is 8.73. The van der Waals surface area contributed by atoms with Crippen LogP contribution in [0.3, 0.4) is 0 Å². The van der Waals surface area contributed by atoms with E-state index in [1.807, 2.05) is 44.2 Å². The number of hydrogen-bond donors (Lipinski definition) is 4. The lowest BCUT2D eigenvalue weighted by Crippen LogP contribution is -2.51. The minimum absolute atomic E-state index is 0.189. The van der Waals surface area contributed by atoms with Gasteiger partial charge < -0.3 is 15.7 Å². The lowest BCUT2D eigenvalue weighted by Gasteiger charge is -2.22. The topological polar surface area (TPSA) is 78.4 Å². The first-order chi connectivity index (χ1) is 10.9. The van der Waals surface area contributed by atoms with Crippen molar-refractivity contribution in [2.45, 2.75) is 38.8 Å². The molecule has 0 radical (unpaired) electrons. The average Bonchev–Trinajstić information content (AvgIpc) is 2.51. The molecular weight excluding hydrogens is 312 g/mol. The zero-order chi connectivity index (χ0) is 17.2. The molecule has 1 aromatic carbocycles. The van der Waals surface area contributed by atoms with Gasteiger partial charge in [0, 0.05) is 12.3 Å². The van der Waals surface area contributed by atoms with Crippen LogP contribution >= 0.6 is 12.6 Å². The van der Waals surface area contributed by atoms with Crippen LogP contribution in [0.4, 0.5) is 0 Å². The van der Waals surface area contributed by atoms with E-state index < -0.39 is 18.1 Å². The monoisotopic (exact) mass is 338 g/mol. The highest BCUT2D eigenvalue weighted by molar-refractivity contribution is 7.80. The zero-order valence-corrected chi connectivity index (χ0v) is 14.6. The van der Waals surface area contributed by atoms with Crippen LogP contribution in [-0.4, -0.2) is 41.4 Å². The van der Waals surface area contributed by atoms with Gasteiger partial charge in [-0.25, -0.2) is 4.79 Å². The molecule has 0 bridgehead atoms. The molecule has 128 valence electrons. The standard InChI is InChI=1S/C17H26N2O3S/c1-12(2)10-15(17(21)22)19-16(20)14(18-8-9-23)11-13-6-4-3-5-7-13/h3-7,12,14-15,18,23H,8-11H2,1-2H3,(H,19,20)(H,21,22)/t14-,15+/m0/s1. The fourth-order valence-electron chi connectivity index (χ4n) is 2.31. The van der Waals surface area contributed by atoms with Gasteiger partial charge in [0.05, 0.1) is 6.04 Å². The van der Waals surface area contributed by atoms with Crippen LogP contribution < -0.4 is 10.6 Å². The predicted molar refractivity (Wildman–Crippen MR) is 94.8 cm³/mol. The summed E-state index contributed by atoms with van der Waals surface area (Å²) in [6.45, 7) is 4.45. The summed E-state index contributed by atoms with van der Waals surface area (Å²) in [6.07, 6.45) is 0.917. The molecule has 6 heteroatoms. The van der Waals surface area contributed by atoms with E-state index in [2.05, 4.69) is 23.3 Å². The van der Waals surface area contributed by atoms with Crippen molar-refractivity contribution in [1.29, 1.82) is 0 Å². The molecule has 3 N–H and O–H groups in total. The second-order valence-electron chi connectivity index (χ2n) is 5.95. The Balaban J connectivity index is 2.75. The highest BCUT2D eigenvalue weighted by Gasteiger charge is 2.25. The Morgan fingerprint density at radius 3 is 2.35 bits per heavy atom. The van der Waals surface area contributed by atoms with Gasteiger partial charge in [-0.2, -0.15) is 12.6 Å². The number of aliphatic carboxylic acids is 1. The van der Waals surface area contributed by atoms with Crippen LogP contribution in [0.1, 0.15) is 25.8 Å². The molecule has 1 rings (SSSR count). The maximum atomic E-state index is 12.5. The number of carbonyl (C=O) groups is 2. The lowest BCUT2D eigenvalue weighted by molar-refractivity contribution is -0.142. The summed E-state index contributed by atoms with van der Waals surface area (Å²) in [5.41, 5.74) is 1.02. The molecule has 0 heterocycles. The largest absolute Gasteiger partial charge is 0.480 e. The first-order valence-corrected chi connectivity index (χ1v) is 8.48. The maximum absolute atomic E-state index is 12.5. The summed E-state index contributed by atoms with van der Waals surface area (Å²) < 4.78 is 0. The van der Waals surface area contributed by atoms with E-state index in [9.17, 15) is 14.7 Å². The minimum Gasteiger partial charge on any atom is -0.480 e. The molecule has 2 atom stereocenters. The number of benzene rings is 1. The number of carboxylic acids is 1. The van der Waals surface area contributed by atoms with Crippen molar-refractivity contribution in [1.82, 2.24) is 10.6 Å². The van der Waals surface area contributed by atoms with Crippen molar-refractivity contribution in [2.75, 3.05) is 12.3 Å². The second kappa shape index (κ2) is 10.3. The highest BCUT2D eigenvalue weighted by Crippen LogP contribution is 2.07. The Bertz CT molecular complexity index is 494. The summed E-state index contributed by atoms with van der Waals surface area (Å²) in [7, 11) is 0. The van der Waals surface area contributed by atoms with Crippen molar-refractivity contribution >= 4 is 24.5 Å². The molecule has 0 aliphatic rings. The Labute approximate surface area is 143 Å². The summed E-state index contributed by atoms with van der Waals surface area (Å²) in [6, 6.07) is 8.32. The smallest absolute Gasteiger partial charge is 0.326 e. The van der Waals surface area contributed by atoms with Gasteiger partial charge in [-0.1, -0.05) is 44.2 Å². The van der Waals surface area contributed by atoms with E-state index >= 15 is 0 Å². The number of nitrogens with one attached hydrogen (secondary N) is 2. The van der Waals surface area contributed by atoms with Crippen LogP contribution in [0.25, 0.3) is 0 Å². The van der Waals surface area contributed by atoms with Crippen molar-refractivity contribution in [2.24, 2.45) is 5.92 Å². The molecule has 0 saturated carbocycles. The molecule has 0 spiro atoms. The number of amides is 1. The third kappa shape index (κ3) is 7.52. The summed E-state index contributed by atoms with van der Waals surface area (Å²) in [5, 5.41) is 15.1. The molecule has 1 amide bonds. The summed E-state index contributed by atoms with van der Waals surface area (Å²) >= 11 is 4.15. The van der Waals surface area contributed by atoms with Crippen LogP contribution in [0.15, 0.2) is 30.3 Å². The van der Waals surface area contributed by atoms with Crippen molar-refractivity contribution in [3.63, 3.8) is 0 Å². The third-order valence-corrected chi connectivity index (χ3v) is 3.65. The van der Waals surface area contributed by atoms with Gasteiger partial charge in [0.2, 0.25) is 5.91 Å². The number of thiol groups is 1. The SMILES string of the molecule is CC(C)C[C@@H](NC(=O)[C@H](Cc1ccccc1)NCCS)C(=O)O. The number of carbonyl (C=O) groups excluding carboxylic acids is 1. The van der Waals surface area contributed by atoms with Crippen molar-refractivity contribution in [3.05, 3.63) is 35.9 Å². The van der Waals surface area contributed by atoms with Crippen LogP contribution in [0.2, 0.25) is 0 Å². The lowest BCUT2D eigenvalue weighted by atomic mass is 10.0. The Morgan fingerprint density at radius 1 is 1.17 bits per heavy atom. The molecular formula is C17H26N2O3S. The zero-order valence-electron chi connectivity index (χ0n) is 13.7. The Morgan fingerprint density at radius 2 is 1.83 bits per heavy atom. The van der Waals surface area contributed by atoms with Gasteiger partial charge in [-0.15, -0.1) is 0 Å². The molecule has 0 saturated heterocycles. The Hall–Kier alpha value is -1.53. The summed E-state index contributed by atoms with van der Waals surface area (Å²) in [5.74, 6) is -0.495. The van der Waals surface area contributed by atoms with E-state index in [1.165, 1.54) is 0 Å². The predicted octanol–water partition coefficient (Wildman–Crippen LogP) is 1.73. The molecule has 23 heavy (non-hydrogen) atoms. The maximum Gasteiger partial charge on any atom is 0.326 e. The molecule has 1 aromatic rings. The molecule has 5 nitrogen and oxygen atoms in total. The van der Waals surface area contributed by atoms with E-state index in [1.54, 1.807) is 0 Å². The van der Waals surface area contributed by atoms with Crippen molar-refractivity contribution < 1.29 is 14.7 Å². The first-order valence-electron chi connectivity index (χ1n) is 7.85. The van der Waals surface area contributed by atoms with Gasteiger partial charge >= 0.3 is 5.97 Å². The third-order valence-electron chi connectivity index (χ3n) is 3.42. The van der Waals surface area contributed by atoms with Gasteiger partial charge in [0.25, 0.3) is 0 Å². The molecule has 0 aromatic heterocycles. The van der Waals surface area contributed by atoms with Crippen LogP contribution in [-0.2, 0) is 16.0 Å². The number of carboxylic acid groups (broad SMARTS) is 1. The first kappa shape index (κ1) is 19.5. The average molecular weight is 338 g/mol. The van der Waals surface area contributed by atoms with Crippen LogP contribution in [0.5, 0.6) is 0 Å². The fraction of sp³-hybridized carbons (Fsp3) is 0.529. The van der Waals surface area contributed by atoms with Gasteiger partial charge in [0.1, 0.15) is 6.04 Å². The molecule has 0 unspecified atom stereocenters. The quantitative estimate of drug-likeness (QED) is 0.490. The van der Waals surface area contributed by atoms with Gasteiger partial charge in [-0.3, -0.25) is 4.79 Å². The molecule has 0 aliphatic heterocycles. The van der Waals surface area contributed by atoms with E-state index in [4.69, 9.17) is 0 Å². The minimum atomic E-state index is -1.00. The van der Waals surface area contributed by atoms with E-state index in [0.29, 0.717) is 25.1 Å².